The molecule has 0 spiro atoms. The Morgan fingerprint density at radius 3 is 2.76 bits per heavy atom. The third-order valence-corrected chi connectivity index (χ3v) is 6.25. The van der Waals surface area contributed by atoms with Crippen LogP contribution < -0.4 is 5.32 Å². The van der Waals surface area contributed by atoms with Gasteiger partial charge in [-0.3, -0.25) is 9.59 Å². The Labute approximate surface area is 147 Å². The van der Waals surface area contributed by atoms with Crippen LogP contribution in [0.2, 0.25) is 0 Å². The lowest BCUT2D eigenvalue weighted by atomic mass is 9.89. The molecule has 4 rings (SSSR count). The van der Waals surface area contributed by atoms with Crippen molar-refractivity contribution in [3.05, 3.63) is 35.0 Å². The summed E-state index contributed by atoms with van der Waals surface area (Å²) < 4.78 is 0. The highest BCUT2D eigenvalue weighted by Crippen LogP contribution is 2.38. The van der Waals surface area contributed by atoms with Crippen LogP contribution in [0, 0.1) is 25.7 Å². The van der Waals surface area contributed by atoms with Gasteiger partial charge in [0.05, 0.1) is 0 Å². The van der Waals surface area contributed by atoms with Crippen molar-refractivity contribution in [1.29, 1.82) is 0 Å². The van der Waals surface area contributed by atoms with E-state index >= 15 is 0 Å². The lowest BCUT2D eigenvalue weighted by Crippen LogP contribution is -2.38. The summed E-state index contributed by atoms with van der Waals surface area (Å²) in [6.07, 6.45) is 2.53. The molecule has 2 aromatic rings. The zero-order valence-electron chi connectivity index (χ0n) is 15.1. The van der Waals surface area contributed by atoms with E-state index in [-0.39, 0.29) is 17.9 Å². The first-order chi connectivity index (χ1) is 11.9. The molecule has 0 unspecified atom stereocenters. The first kappa shape index (κ1) is 16.2. The van der Waals surface area contributed by atoms with Crippen LogP contribution in [0.15, 0.2) is 18.2 Å². The highest BCUT2D eigenvalue weighted by Gasteiger charge is 2.40. The monoisotopic (exact) mass is 339 g/mol. The Bertz CT molecular complexity index is 854. The van der Waals surface area contributed by atoms with Crippen molar-refractivity contribution in [1.82, 2.24) is 15.2 Å². The second-order valence-corrected chi connectivity index (χ2v) is 7.71. The van der Waals surface area contributed by atoms with Gasteiger partial charge in [-0.1, -0.05) is 0 Å². The Balaban J connectivity index is 1.54. The molecule has 2 fully saturated rings. The highest BCUT2D eigenvalue weighted by molar-refractivity contribution is 5.99. The molecule has 1 aliphatic carbocycles. The Morgan fingerprint density at radius 2 is 1.96 bits per heavy atom. The van der Waals surface area contributed by atoms with Crippen LogP contribution in [0.3, 0.4) is 0 Å². The fourth-order valence-electron chi connectivity index (χ4n) is 4.52. The molecule has 0 radical (unpaired) electrons. The van der Waals surface area contributed by atoms with Crippen molar-refractivity contribution in [2.24, 2.45) is 11.8 Å². The summed E-state index contributed by atoms with van der Waals surface area (Å²) in [4.78, 5) is 29.8. The number of fused-ring (bicyclic) bond motifs is 2. The average Bonchev–Trinajstić information content (AvgIpc) is 3.14. The third-order valence-electron chi connectivity index (χ3n) is 6.25. The van der Waals surface area contributed by atoms with E-state index in [2.05, 4.69) is 24.1 Å². The van der Waals surface area contributed by atoms with Crippen LogP contribution in [0.25, 0.3) is 10.9 Å². The quantitative estimate of drug-likeness (QED) is 0.883. The molecule has 25 heavy (non-hydrogen) atoms. The third kappa shape index (κ3) is 2.71. The van der Waals surface area contributed by atoms with E-state index in [1.807, 2.05) is 30.1 Å². The molecule has 0 bridgehead atoms. The van der Waals surface area contributed by atoms with Gasteiger partial charge in [-0.05, 0) is 62.3 Å². The minimum Gasteiger partial charge on any atom is -0.358 e. The van der Waals surface area contributed by atoms with Crippen molar-refractivity contribution < 1.29 is 9.59 Å². The number of H-pyrrole nitrogens is 1. The molecule has 1 saturated heterocycles. The number of aromatic nitrogens is 1. The van der Waals surface area contributed by atoms with Crippen LogP contribution in [0.4, 0.5) is 0 Å². The van der Waals surface area contributed by atoms with Crippen LogP contribution in [-0.2, 0) is 4.79 Å². The van der Waals surface area contributed by atoms with Gasteiger partial charge in [-0.15, -0.1) is 0 Å². The molecule has 2 heterocycles. The number of carbonyl (C=O) groups excluding carboxylic acids is 2. The minimum absolute atomic E-state index is 0.0723. The molecule has 2 amide bonds. The van der Waals surface area contributed by atoms with Crippen molar-refractivity contribution in [3.63, 3.8) is 0 Å². The number of hydrogen-bond donors (Lipinski definition) is 2. The average molecular weight is 339 g/mol. The number of nitrogens with one attached hydrogen (secondary N) is 2. The second kappa shape index (κ2) is 5.90. The largest absolute Gasteiger partial charge is 0.358 e. The van der Waals surface area contributed by atoms with Crippen LogP contribution in [0.5, 0.6) is 0 Å². The molecule has 1 aromatic heterocycles. The van der Waals surface area contributed by atoms with Crippen LogP contribution >= 0.6 is 0 Å². The fourth-order valence-corrected chi connectivity index (χ4v) is 4.52. The molecule has 5 nitrogen and oxygen atoms in total. The topological polar surface area (TPSA) is 65.2 Å². The molecule has 132 valence electrons. The van der Waals surface area contributed by atoms with Crippen molar-refractivity contribution >= 4 is 22.7 Å². The summed E-state index contributed by atoms with van der Waals surface area (Å²) in [5, 5.41) is 4.07. The first-order valence-corrected chi connectivity index (χ1v) is 9.07. The first-order valence-electron chi connectivity index (χ1n) is 9.07. The normalized spacial score (nSPS) is 25.7. The molecule has 3 atom stereocenters. The van der Waals surface area contributed by atoms with Crippen LogP contribution in [-0.4, -0.2) is 41.3 Å². The number of piperidine rings is 1. The fraction of sp³-hybridized carbons (Fsp3) is 0.500. The van der Waals surface area contributed by atoms with E-state index in [0.717, 1.165) is 41.5 Å². The van der Waals surface area contributed by atoms with Crippen molar-refractivity contribution in [3.8, 4) is 0 Å². The summed E-state index contributed by atoms with van der Waals surface area (Å²) in [6, 6.07) is 6.12. The van der Waals surface area contributed by atoms with E-state index < -0.39 is 0 Å². The maximum atomic E-state index is 13.0. The van der Waals surface area contributed by atoms with Gasteiger partial charge in [0.15, 0.2) is 0 Å². The molecule has 1 saturated carbocycles. The zero-order chi connectivity index (χ0) is 17.7. The van der Waals surface area contributed by atoms with Gasteiger partial charge >= 0.3 is 0 Å². The molecular weight excluding hydrogens is 314 g/mol. The zero-order valence-corrected chi connectivity index (χ0v) is 15.1. The van der Waals surface area contributed by atoms with E-state index in [0.29, 0.717) is 18.3 Å². The molecule has 1 aromatic carbocycles. The van der Waals surface area contributed by atoms with Gasteiger partial charge in [0, 0.05) is 48.2 Å². The molecule has 5 heteroatoms. The van der Waals surface area contributed by atoms with Gasteiger partial charge in [0.1, 0.15) is 0 Å². The number of aromatic amines is 1. The number of hydrogen-bond acceptors (Lipinski definition) is 2. The smallest absolute Gasteiger partial charge is 0.253 e. The lowest BCUT2D eigenvalue weighted by Gasteiger charge is -2.25. The van der Waals surface area contributed by atoms with Gasteiger partial charge in [-0.2, -0.15) is 0 Å². The summed E-state index contributed by atoms with van der Waals surface area (Å²) in [5.41, 5.74) is 4.15. The summed E-state index contributed by atoms with van der Waals surface area (Å²) in [5.74, 6) is 1.16. The maximum Gasteiger partial charge on any atom is 0.253 e. The molecule has 2 aliphatic rings. The van der Waals surface area contributed by atoms with E-state index in [4.69, 9.17) is 0 Å². The SMILES string of the molecule is Cc1[nH]c2ccc(C(=O)N(C)[C@H]3C[C@H]4CNC(=O)C[C@H]4C3)cc2c1C. The summed E-state index contributed by atoms with van der Waals surface area (Å²) in [7, 11) is 1.90. The maximum absolute atomic E-state index is 13.0. The van der Waals surface area contributed by atoms with E-state index in [1.54, 1.807) is 0 Å². The Kier molecular flexibility index (Phi) is 3.82. The van der Waals surface area contributed by atoms with Crippen LogP contribution in [0.1, 0.15) is 40.9 Å². The Hall–Kier alpha value is -2.30. The van der Waals surface area contributed by atoms with Gasteiger partial charge < -0.3 is 15.2 Å². The predicted octanol–water partition coefficient (Wildman–Crippen LogP) is 2.77. The Morgan fingerprint density at radius 1 is 1.20 bits per heavy atom. The minimum atomic E-state index is 0.0723. The number of aryl methyl sites for hydroxylation is 2. The van der Waals surface area contributed by atoms with Crippen molar-refractivity contribution in [2.45, 2.75) is 39.2 Å². The van der Waals surface area contributed by atoms with Gasteiger partial charge in [-0.25, -0.2) is 0 Å². The number of nitrogens with zero attached hydrogens (tertiary/aromatic N) is 1. The van der Waals surface area contributed by atoms with E-state index in [1.165, 1.54) is 5.56 Å². The number of rotatable bonds is 2. The molecule has 2 N–H and O–H groups in total. The van der Waals surface area contributed by atoms with Gasteiger partial charge in [0.25, 0.3) is 5.91 Å². The number of benzene rings is 1. The van der Waals surface area contributed by atoms with Gasteiger partial charge in [0.2, 0.25) is 5.91 Å². The predicted molar refractivity (Wildman–Crippen MR) is 97.5 cm³/mol. The van der Waals surface area contributed by atoms with Crippen molar-refractivity contribution in [2.75, 3.05) is 13.6 Å². The second-order valence-electron chi connectivity index (χ2n) is 7.71. The molecule has 1 aliphatic heterocycles. The lowest BCUT2D eigenvalue weighted by molar-refractivity contribution is -0.124. The highest BCUT2D eigenvalue weighted by atomic mass is 16.2. The van der Waals surface area contributed by atoms with E-state index in [9.17, 15) is 9.59 Å². The standard InChI is InChI=1S/C20H25N3O2/c1-11-12(2)22-18-5-4-13(8-17(11)18)20(25)23(3)16-6-14-9-19(24)21-10-15(14)7-16/h4-5,8,14-16,22H,6-7,9-10H2,1-3H3,(H,21,24)/t14-,15+,16-/m1/s1. The molecular formula is C20H25N3O2. The summed E-state index contributed by atoms with van der Waals surface area (Å²) >= 11 is 0. The summed E-state index contributed by atoms with van der Waals surface area (Å²) in [6.45, 7) is 4.90. The number of amides is 2. The number of carbonyl (C=O) groups is 2.